The van der Waals surface area contributed by atoms with Gasteiger partial charge in [-0.3, -0.25) is 0 Å². The van der Waals surface area contributed by atoms with Crippen molar-refractivity contribution in [2.45, 2.75) is 11.0 Å². The number of sulfonamides is 1. The smallest absolute Gasteiger partial charge is 0.244 e. The van der Waals surface area contributed by atoms with Crippen LogP contribution in [0, 0.1) is 5.82 Å². The van der Waals surface area contributed by atoms with Crippen molar-refractivity contribution < 1.29 is 23.0 Å². The van der Waals surface area contributed by atoms with Crippen LogP contribution in [-0.2, 0) is 10.0 Å². The van der Waals surface area contributed by atoms with Crippen LogP contribution in [0.4, 0.5) is 4.39 Å². The molecule has 0 aliphatic carbocycles. The summed E-state index contributed by atoms with van der Waals surface area (Å²) in [6.07, 6.45) is -1.19. The van der Waals surface area contributed by atoms with Crippen molar-refractivity contribution in [1.82, 2.24) is 4.31 Å². The summed E-state index contributed by atoms with van der Waals surface area (Å²) in [5.41, 5.74) is 0. The van der Waals surface area contributed by atoms with E-state index in [1.165, 1.54) is 7.05 Å². The van der Waals surface area contributed by atoms with Gasteiger partial charge in [0.1, 0.15) is 10.7 Å². The third-order valence-corrected chi connectivity index (χ3v) is 4.57. The summed E-state index contributed by atoms with van der Waals surface area (Å²) in [6.45, 7) is -0.844. The summed E-state index contributed by atoms with van der Waals surface area (Å²) in [4.78, 5) is -0.252. The van der Waals surface area contributed by atoms with Crippen molar-refractivity contribution in [2.75, 3.05) is 20.2 Å². The molecule has 0 spiro atoms. The van der Waals surface area contributed by atoms with Crippen molar-refractivity contribution in [3.05, 3.63) is 29.0 Å². The fourth-order valence-electron chi connectivity index (χ4n) is 1.30. The maximum Gasteiger partial charge on any atom is 0.244 e. The Morgan fingerprint density at radius 1 is 1.50 bits per heavy atom. The van der Waals surface area contributed by atoms with Gasteiger partial charge in [-0.25, -0.2) is 12.8 Å². The van der Waals surface area contributed by atoms with Crippen molar-refractivity contribution >= 4 is 21.6 Å². The van der Waals surface area contributed by atoms with Crippen LogP contribution in [0.2, 0.25) is 5.02 Å². The lowest BCUT2D eigenvalue weighted by Crippen LogP contribution is -2.36. The van der Waals surface area contributed by atoms with E-state index in [0.29, 0.717) is 0 Å². The first kappa shape index (κ1) is 15.3. The van der Waals surface area contributed by atoms with E-state index in [0.717, 1.165) is 22.5 Å². The first-order valence-electron chi connectivity index (χ1n) is 4.99. The number of likely N-dealkylation sites (N-methyl/N-ethyl adjacent to an activating group) is 1. The van der Waals surface area contributed by atoms with Gasteiger partial charge >= 0.3 is 0 Å². The highest BCUT2D eigenvalue weighted by molar-refractivity contribution is 7.89. The molecule has 0 aliphatic heterocycles. The molecule has 1 unspecified atom stereocenters. The van der Waals surface area contributed by atoms with Gasteiger partial charge in [0.25, 0.3) is 0 Å². The van der Waals surface area contributed by atoms with E-state index in [2.05, 4.69) is 0 Å². The summed E-state index contributed by atoms with van der Waals surface area (Å²) in [6, 6.07) is 2.93. The standard InChI is InChI=1S/C10H13ClFNO4S/c1-13(5-8(15)6-14)18(16,17)10-3-2-7(12)4-9(10)11/h2-4,8,14-15H,5-6H2,1H3. The molecule has 1 rings (SSSR count). The molecule has 8 heteroatoms. The molecule has 0 saturated carbocycles. The van der Waals surface area contributed by atoms with E-state index >= 15 is 0 Å². The van der Waals surface area contributed by atoms with E-state index in [1.54, 1.807) is 0 Å². The molecular formula is C10H13ClFNO4S. The van der Waals surface area contributed by atoms with Crippen LogP contribution in [0.15, 0.2) is 23.1 Å². The van der Waals surface area contributed by atoms with Crippen LogP contribution < -0.4 is 0 Å². The van der Waals surface area contributed by atoms with Crippen molar-refractivity contribution in [3.63, 3.8) is 0 Å². The average Bonchev–Trinajstić information content (AvgIpc) is 2.28. The van der Waals surface area contributed by atoms with Crippen LogP contribution in [0.1, 0.15) is 0 Å². The van der Waals surface area contributed by atoms with Gasteiger partial charge in [0.15, 0.2) is 0 Å². The second kappa shape index (κ2) is 5.94. The lowest BCUT2D eigenvalue weighted by Gasteiger charge is -2.20. The van der Waals surface area contributed by atoms with Crippen LogP contribution in [-0.4, -0.2) is 49.2 Å². The molecule has 1 aromatic carbocycles. The van der Waals surface area contributed by atoms with Crippen LogP contribution in [0.5, 0.6) is 0 Å². The molecule has 0 fully saturated rings. The topological polar surface area (TPSA) is 77.8 Å². The summed E-state index contributed by atoms with van der Waals surface area (Å²) in [7, 11) is -2.70. The molecule has 1 atom stereocenters. The maximum absolute atomic E-state index is 12.8. The molecule has 102 valence electrons. The van der Waals surface area contributed by atoms with Gasteiger partial charge in [0.2, 0.25) is 10.0 Å². The molecule has 5 nitrogen and oxygen atoms in total. The van der Waals surface area contributed by atoms with Crippen LogP contribution >= 0.6 is 11.6 Å². The van der Waals surface area contributed by atoms with Gasteiger partial charge in [0, 0.05) is 13.6 Å². The van der Waals surface area contributed by atoms with Crippen molar-refractivity contribution in [1.29, 1.82) is 0 Å². The normalized spacial score (nSPS) is 13.9. The zero-order valence-electron chi connectivity index (χ0n) is 9.55. The molecular weight excluding hydrogens is 285 g/mol. The zero-order valence-corrected chi connectivity index (χ0v) is 11.1. The predicted molar refractivity (Wildman–Crippen MR) is 64.3 cm³/mol. The highest BCUT2D eigenvalue weighted by Gasteiger charge is 2.25. The minimum absolute atomic E-state index is 0.236. The summed E-state index contributed by atoms with van der Waals surface area (Å²) in [5.74, 6) is -0.642. The number of rotatable bonds is 5. The molecule has 0 bridgehead atoms. The second-order valence-corrected chi connectivity index (χ2v) is 6.12. The second-order valence-electron chi connectivity index (χ2n) is 3.70. The molecule has 1 aromatic rings. The maximum atomic E-state index is 12.8. The molecule has 0 saturated heterocycles. The van der Waals surface area contributed by atoms with Crippen molar-refractivity contribution in [3.8, 4) is 0 Å². The largest absolute Gasteiger partial charge is 0.394 e. The first-order valence-corrected chi connectivity index (χ1v) is 6.81. The SMILES string of the molecule is CN(CC(O)CO)S(=O)(=O)c1ccc(F)cc1Cl. The monoisotopic (exact) mass is 297 g/mol. The first-order chi connectivity index (χ1) is 8.28. The molecule has 0 radical (unpaired) electrons. The molecule has 0 aliphatic rings. The number of halogens is 2. The molecule has 0 aromatic heterocycles. The Hall–Kier alpha value is -0.730. The van der Waals surface area contributed by atoms with E-state index in [4.69, 9.17) is 16.7 Å². The van der Waals surface area contributed by atoms with Crippen LogP contribution in [0.3, 0.4) is 0 Å². The molecule has 18 heavy (non-hydrogen) atoms. The quantitative estimate of drug-likeness (QED) is 0.827. The number of hydrogen-bond acceptors (Lipinski definition) is 4. The highest BCUT2D eigenvalue weighted by Crippen LogP contribution is 2.24. The van der Waals surface area contributed by atoms with Gasteiger partial charge in [-0.1, -0.05) is 11.6 Å². The molecule has 0 amide bonds. The summed E-state index contributed by atoms with van der Waals surface area (Å²) >= 11 is 5.67. The van der Waals surface area contributed by atoms with Gasteiger partial charge in [0.05, 0.1) is 17.7 Å². The summed E-state index contributed by atoms with van der Waals surface area (Å²) < 4.78 is 37.8. The van der Waals surface area contributed by atoms with E-state index in [9.17, 15) is 17.9 Å². The lowest BCUT2D eigenvalue weighted by molar-refractivity contribution is 0.0826. The van der Waals surface area contributed by atoms with Gasteiger partial charge in [-0.15, -0.1) is 0 Å². The molecule has 0 heterocycles. The van der Waals surface area contributed by atoms with E-state index in [1.807, 2.05) is 0 Å². The highest BCUT2D eigenvalue weighted by atomic mass is 35.5. The number of benzene rings is 1. The minimum Gasteiger partial charge on any atom is -0.394 e. The zero-order chi connectivity index (χ0) is 13.9. The third-order valence-electron chi connectivity index (χ3n) is 2.26. The Balaban J connectivity index is 3.06. The summed E-state index contributed by atoms with van der Waals surface area (Å²) in [5, 5.41) is 17.6. The van der Waals surface area contributed by atoms with E-state index in [-0.39, 0.29) is 16.5 Å². The van der Waals surface area contributed by atoms with Crippen LogP contribution in [0.25, 0.3) is 0 Å². The lowest BCUT2D eigenvalue weighted by atomic mass is 10.3. The Morgan fingerprint density at radius 2 is 2.11 bits per heavy atom. The minimum atomic E-state index is -3.93. The molecule has 2 N–H and O–H groups in total. The Morgan fingerprint density at radius 3 is 2.61 bits per heavy atom. The van der Waals surface area contributed by atoms with Gasteiger partial charge in [-0.05, 0) is 18.2 Å². The van der Waals surface area contributed by atoms with Crippen molar-refractivity contribution in [2.24, 2.45) is 0 Å². The van der Waals surface area contributed by atoms with Gasteiger partial charge in [-0.2, -0.15) is 4.31 Å². The predicted octanol–water partition coefficient (Wildman–Crippen LogP) is 0.453. The number of nitrogens with zero attached hydrogens (tertiary/aromatic N) is 1. The Bertz CT molecular complexity index is 523. The fraction of sp³-hybridized carbons (Fsp3) is 0.400. The fourth-order valence-corrected chi connectivity index (χ4v) is 3.01. The Kier molecular flexibility index (Phi) is 5.06. The Labute approximate surface area is 109 Å². The number of hydrogen-bond donors (Lipinski definition) is 2. The number of aliphatic hydroxyl groups is 2. The van der Waals surface area contributed by atoms with E-state index < -0.39 is 28.6 Å². The third kappa shape index (κ3) is 3.39. The van der Waals surface area contributed by atoms with Gasteiger partial charge < -0.3 is 10.2 Å². The average molecular weight is 298 g/mol. The number of aliphatic hydroxyl groups excluding tert-OH is 2.